The molecule has 214 valence electrons. The van der Waals surface area contributed by atoms with E-state index in [0.29, 0.717) is 26.9 Å². The van der Waals surface area contributed by atoms with Crippen LogP contribution in [-0.2, 0) is 11.2 Å². The van der Waals surface area contributed by atoms with Crippen LogP contribution in [-0.4, -0.2) is 41.9 Å². The van der Waals surface area contributed by atoms with Crippen molar-refractivity contribution < 1.29 is 29.0 Å². The Hall–Kier alpha value is -5.16. The third kappa shape index (κ3) is 7.73. The topological polar surface area (TPSA) is 146 Å². The van der Waals surface area contributed by atoms with E-state index in [4.69, 9.17) is 4.74 Å². The lowest BCUT2D eigenvalue weighted by atomic mass is 10.0. The van der Waals surface area contributed by atoms with Crippen LogP contribution in [0.1, 0.15) is 36.6 Å². The fraction of sp³-hybridized carbons (Fsp3) is 0.0968. The number of nitrogens with one attached hydrogen (secondary N) is 4. The summed E-state index contributed by atoms with van der Waals surface area (Å²) >= 11 is 3.30. The summed E-state index contributed by atoms with van der Waals surface area (Å²) in [4.78, 5) is 52.1. The Labute approximate surface area is 250 Å². The summed E-state index contributed by atoms with van der Waals surface area (Å²) in [5, 5.41) is 15.1. The number of benzene rings is 4. The van der Waals surface area contributed by atoms with Crippen molar-refractivity contribution in [3.05, 3.63) is 124 Å². The van der Waals surface area contributed by atoms with Crippen LogP contribution in [0.5, 0.6) is 11.5 Å². The predicted molar refractivity (Wildman–Crippen MR) is 160 cm³/mol. The predicted octanol–water partition coefficient (Wildman–Crippen LogP) is 4.22. The third-order valence-corrected chi connectivity index (χ3v) is 6.88. The number of anilines is 1. The molecule has 0 saturated carbocycles. The number of halogens is 1. The molecule has 0 heterocycles. The Kier molecular flexibility index (Phi) is 9.90. The van der Waals surface area contributed by atoms with E-state index in [1.165, 1.54) is 25.3 Å². The first-order valence-corrected chi connectivity index (χ1v) is 13.5. The van der Waals surface area contributed by atoms with E-state index in [1.807, 2.05) is 0 Å². The molecule has 0 bridgehead atoms. The number of ether oxygens (including phenoxy) is 1. The van der Waals surface area contributed by atoms with Crippen LogP contribution in [0.4, 0.5) is 5.69 Å². The van der Waals surface area contributed by atoms with E-state index in [0.717, 1.165) is 0 Å². The van der Waals surface area contributed by atoms with Gasteiger partial charge in [0.2, 0.25) is 0 Å². The Balaban J connectivity index is 1.51. The maximum absolute atomic E-state index is 13.4. The highest BCUT2D eigenvalue weighted by molar-refractivity contribution is 9.10. The number of carbonyl (C=O) groups excluding carboxylic acids is 4. The molecule has 11 heteroatoms. The maximum atomic E-state index is 13.4. The second kappa shape index (κ2) is 14.0. The summed E-state index contributed by atoms with van der Waals surface area (Å²) < 4.78 is 5.67. The fourth-order valence-electron chi connectivity index (χ4n) is 3.96. The molecule has 0 spiro atoms. The standard InChI is InChI=1S/C31H27BrN4O6/c1-42-22-16-12-20(13-17-22)28(38)33-26-9-5-3-7-24(26)29(39)34-27(18-19-10-14-21(37)15-11-19)31(41)36-35-30(40)23-6-2-4-8-25(23)32/h2-17,27,37H,18H2,1H3,(H,33,38)(H,34,39)(H,35,40)(H,36,41)/t27-/m0/s1. The average molecular weight is 631 g/mol. The van der Waals surface area contributed by atoms with Crippen molar-refractivity contribution in [2.45, 2.75) is 12.5 Å². The molecule has 0 saturated heterocycles. The van der Waals surface area contributed by atoms with E-state index < -0.39 is 29.7 Å². The Bertz CT molecular complexity index is 1590. The highest BCUT2D eigenvalue weighted by Crippen LogP contribution is 2.19. The zero-order valence-electron chi connectivity index (χ0n) is 22.4. The van der Waals surface area contributed by atoms with Crippen molar-refractivity contribution >= 4 is 45.2 Å². The van der Waals surface area contributed by atoms with Gasteiger partial charge in [0.05, 0.1) is 23.9 Å². The van der Waals surface area contributed by atoms with Gasteiger partial charge < -0.3 is 20.5 Å². The molecule has 0 radical (unpaired) electrons. The molecule has 0 aliphatic rings. The van der Waals surface area contributed by atoms with Crippen LogP contribution in [0.3, 0.4) is 0 Å². The first-order chi connectivity index (χ1) is 20.2. The van der Waals surface area contributed by atoms with Gasteiger partial charge in [-0.3, -0.25) is 30.0 Å². The minimum atomic E-state index is -1.13. The fourth-order valence-corrected chi connectivity index (χ4v) is 4.42. The van der Waals surface area contributed by atoms with Gasteiger partial charge in [0.1, 0.15) is 17.5 Å². The zero-order chi connectivity index (χ0) is 30.1. The third-order valence-electron chi connectivity index (χ3n) is 6.19. The largest absolute Gasteiger partial charge is 0.508 e. The number of hydrazine groups is 1. The van der Waals surface area contributed by atoms with Gasteiger partial charge in [0, 0.05) is 16.5 Å². The molecule has 5 N–H and O–H groups in total. The van der Waals surface area contributed by atoms with Crippen LogP contribution in [0.2, 0.25) is 0 Å². The lowest BCUT2D eigenvalue weighted by molar-refractivity contribution is -0.123. The Morgan fingerprint density at radius 3 is 2.07 bits per heavy atom. The van der Waals surface area contributed by atoms with Crippen molar-refractivity contribution in [1.82, 2.24) is 16.2 Å². The maximum Gasteiger partial charge on any atom is 0.270 e. The van der Waals surface area contributed by atoms with Crippen LogP contribution < -0.4 is 26.2 Å². The number of phenolic OH excluding ortho intramolecular Hbond substituents is 1. The second-order valence-electron chi connectivity index (χ2n) is 9.05. The van der Waals surface area contributed by atoms with Crippen molar-refractivity contribution in [3.8, 4) is 11.5 Å². The van der Waals surface area contributed by atoms with E-state index in [1.54, 1.807) is 78.9 Å². The Morgan fingerprint density at radius 2 is 1.40 bits per heavy atom. The zero-order valence-corrected chi connectivity index (χ0v) is 24.0. The van der Waals surface area contributed by atoms with Crippen LogP contribution in [0.15, 0.2) is 102 Å². The minimum absolute atomic E-state index is 0.0448. The number of hydrogen-bond acceptors (Lipinski definition) is 6. The van der Waals surface area contributed by atoms with Crippen molar-refractivity contribution in [2.75, 3.05) is 12.4 Å². The number of amides is 4. The molecule has 0 fully saturated rings. The van der Waals surface area contributed by atoms with Gasteiger partial charge in [-0.05, 0) is 82.2 Å². The number of phenols is 1. The van der Waals surface area contributed by atoms with Gasteiger partial charge in [-0.25, -0.2) is 0 Å². The van der Waals surface area contributed by atoms with Gasteiger partial charge in [-0.2, -0.15) is 0 Å². The minimum Gasteiger partial charge on any atom is -0.508 e. The lowest BCUT2D eigenvalue weighted by Crippen LogP contribution is -2.53. The molecule has 0 unspecified atom stereocenters. The molecule has 0 aromatic heterocycles. The first kappa shape index (κ1) is 29.8. The molecule has 4 aromatic carbocycles. The SMILES string of the molecule is COc1ccc(C(=O)Nc2ccccc2C(=O)N[C@@H](Cc2ccc(O)cc2)C(=O)NNC(=O)c2ccccc2Br)cc1. The number of methoxy groups -OCH3 is 1. The number of rotatable bonds is 9. The van der Waals surface area contributed by atoms with E-state index >= 15 is 0 Å². The molecule has 10 nitrogen and oxygen atoms in total. The smallest absolute Gasteiger partial charge is 0.270 e. The van der Waals surface area contributed by atoms with E-state index in [-0.39, 0.29) is 23.4 Å². The second-order valence-corrected chi connectivity index (χ2v) is 9.90. The van der Waals surface area contributed by atoms with Crippen molar-refractivity contribution in [1.29, 1.82) is 0 Å². The van der Waals surface area contributed by atoms with Crippen molar-refractivity contribution in [2.24, 2.45) is 0 Å². The van der Waals surface area contributed by atoms with E-state index in [2.05, 4.69) is 37.4 Å². The van der Waals surface area contributed by atoms with Gasteiger partial charge in [-0.1, -0.05) is 36.4 Å². The molecule has 4 rings (SSSR count). The number of para-hydroxylation sites is 1. The summed E-state index contributed by atoms with van der Waals surface area (Å²) in [6.45, 7) is 0. The highest BCUT2D eigenvalue weighted by Gasteiger charge is 2.24. The molecule has 0 aliphatic carbocycles. The van der Waals surface area contributed by atoms with Crippen LogP contribution in [0.25, 0.3) is 0 Å². The molecule has 1 atom stereocenters. The Morgan fingerprint density at radius 1 is 0.762 bits per heavy atom. The summed E-state index contributed by atoms with van der Waals surface area (Å²) in [5.41, 5.74) is 6.41. The number of hydrogen-bond donors (Lipinski definition) is 5. The van der Waals surface area contributed by atoms with Gasteiger partial charge in [0.15, 0.2) is 0 Å². The van der Waals surface area contributed by atoms with E-state index in [9.17, 15) is 24.3 Å². The van der Waals surface area contributed by atoms with Gasteiger partial charge >= 0.3 is 0 Å². The molecule has 4 amide bonds. The summed E-state index contributed by atoms with van der Waals surface area (Å²) in [6.07, 6.45) is 0.0448. The number of carbonyl (C=O) groups is 4. The average Bonchev–Trinajstić information content (AvgIpc) is 3.00. The monoisotopic (exact) mass is 630 g/mol. The summed E-state index contributed by atoms with van der Waals surface area (Å²) in [7, 11) is 1.52. The molecule has 0 aliphatic heterocycles. The van der Waals surface area contributed by atoms with Gasteiger partial charge in [-0.15, -0.1) is 0 Å². The highest BCUT2D eigenvalue weighted by atomic mass is 79.9. The van der Waals surface area contributed by atoms with Crippen LogP contribution in [0, 0.1) is 0 Å². The molecular weight excluding hydrogens is 604 g/mol. The molecule has 42 heavy (non-hydrogen) atoms. The lowest BCUT2D eigenvalue weighted by Gasteiger charge is -2.20. The van der Waals surface area contributed by atoms with Crippen molar-refractivity contribution in [3.63, 3.8) is 0 Å². The summed E-state index contributed by atoms with van der Waals surface area (Å²) in [6, 6.07) is 24.6. The molecule has 4 aromatic rings. The first-order valence-electron chi connectivity index (χ1n) is 12.7. The number of aromatic hydroxyl groups is 1. The molecular formula is C31H27BrN4O6. The normalized spacial score (nSPS) is 11.1. The van der Waals surface area contributed by atoms with Gasteiger partial charge in [0.25, 0.3) is 23.6 Å². The quantitative estimate of drug-likeness (QED) is 0.175. The van der Waals surface area contributed by atoms with Crippen LogP contribution >= 0.6 is 15.9 Å². The summed E-state index contributed by atoms with van der Waals surface area (Å²) in [5.74, 6) is -1.67.